The zero-order chi connectivity index (χ0) is 11.7. The van der Waals surface area contributed by atoms with Gasteiger partial charge in [-0.25, -0.2) is 0 Å². The van der Waals surface area contributed by atoms with Crippen LogP contribution in [0.25, 0.3) is 0 Å². The van der Waals surface area contributed by atoms with Gasteiger partial charge in [0.1, 0.15) is 0 Å². The Bertz CT molecular complexity index is 382. The summed E-state index contributed by atoms with van der Waals surface area (Å²) in [6.07, 6.45) is 4.19. The molecule has 0 saturated carbocycles. The van der Waals surface area contributed by atoms with Crippen molar-refractivity contribution in [2.45, 2.75) is 37.7 Å². The Morgan fingerprint density at radius 2 is 2.12 bits per heavy atom. The number of aliphatic hydroxyl groups is 1. The summed E-state index contributed by atoms with van der Waals surface area (Å²) in [7, 11) is 0. The molecule has 0 spiro atoms. The quantitative estimate of drug-likeness (QED) is 0.849. The van der Waals surface area contributed by atoms with Crippen molar-refractivity contribution >= 4 is 0 Å². The number of benzene rings is 1. The lowest BCUT2D eigenvalue weighted by molar-refractivity contribution is -0.0193. The number of ether oxygens (including phenoxy) is 1. The van der Waals surface area contributed by atoms with E-state index in [1.807, 2.05) is 0 Å². The standard InChI is InChI=1S/C15H20O2/c16-15(12-5-3-9-17-10-12)14-8-7-11-4-1-2-6-13(11)14/h1-2,4,6,12,14-16H,3,5,7-10H2. The first-order valence-electron chi connectivity index (χ1n) is 6.70. The van der Waals surface area contributed by atoms with E-state index in [2.05, 4.69) is 24.3 Å². The number of rotatable bonds is 2. The van der Waals surface area contributed by atoms with Gasteiger partial charge in [-0.1, -0.05) is 24.3 Å². The molecule has 1 aliphatic heterocycles. The highest BCUT2D eigenvalue weighted by molar-refractivity contribution is 5.35. The van der Waals surface area contributed by atoms with Crippen molar-refractivity contribution in [3.63, 3.8) is 0 Å². The lowest BCUT2D eigenvalue weighted by Crippen LogP contribution is -2.33. The number of hydrogen-bond donors (Lipinski definition) is 1. The summed E-state index contributed by atoms with van der Waals surface area (Å²) in [4.78, 5) is 0. The van der Waals surface area contributed by atoms with E-state index in [1.54, 1.807) is 0 Å². The molecule has 0 amide bonds. The third-order valence-electron chi connectivity index (χ3n) is 4.27. The Balaban J connectivity index is 1.76. The van der Waals surface area contributed by atoms with Crippen LogP contribution in [0.15, 0.2) is 24.3 Å². The van der Waals surface area contributed by atoms with Crippen LogP contribution in [0, 0.1) is 5.92 Å². The third kappa shape index (κ3) is 2.12. The SMILES string of the molecule is OC(C1CCCOC1)C1CCc2ccccc21. The minimum absolute atomic E-state index is 0.223. The average molecular weight is 232 g/mol. The highest BCUT2D eigenvalue weighted by Crippen LogP contribution is 2.38. The van der Waals surface area contributed by atoms with Crippen LogP contribution >= 0.6 is 0 Å². The third-order valence-corrected chi connectivity index (χ3v) is 4.27. The van der Waals surface area contributed by atoms with Gasteiger partial charge < -0.3 is 9.84 Å². The zero-order valence-electron chi connectivity index (χ0n) is 10.1. The second-order valence-electron chi connectivity index (χ2n) is 5.31. The Hall–Kier alpha value is -0.860. The predicted molar refractivity (Wildman–Crippen MR) is 67.1 cm³/mol. The van der Waals surface area contributed by atoms with Crippen LogP contribution in [-0.2, 0) is 11.2 Å². The van der Waals surface area contributed by atoms with Gasteiger partial charge in [0.15, 0.2) is 0 Å². The highest BCUT2D eigenvalue weighted by Gasteiger charge is 2.34. The van der Waals surface area contributed by atoms with E-state index in [4.69, 9.17) is 4.74 Å². The van der Waals surface area contributed by atoms with E-state index in [9.17, 15) is 5.11 Å². The van der Waals surface area contributed by atoms with Crippen molar-refractivity contribution < 1.29 is 9.84 Å². The first kappa shape index (κ1) is 11.2. The van der Waals surface area contributed by atoms with Gasteiger partial charge in [0, 0.05) is 18.4 Å². The molecule has 1 aromatic carbocycles. The van der Waals surface area contributed by atoms with E-state index in [0.29, 0.717) is 11.8 Å². The van der Waals surface area contributed by atoms with Crippen molar-refractivity contribution in [3.05, 3.63) is 35.4 Å². The molecule has 92 valence electrons. The minimum Gasteiger partial charge on any atom is -0.392 e. The van der Waals surface area contributed by atoms with Crippen molar-refractivity contribution in [2.75, 3.05) is 13.2 Å². The van der Waals surface area contributed by atoms with Gasteiger partial charge in [-0.2, -0.15) is 0 Å². The van der Waals surface area contributed by atoms with Crippen molar-refractivity contribution in [2.24, 2.45) is 5.92 Å². The van der Waals surface area contributed by atoms with Crippen LogP contribution < -0.4 is 0 Å². The highest BCUT2D eigenvalue weighted by atomic mass is 16.5. The molecule has 0 bridgehead atoms. The molecule has 2 aliphatic rings. The lowest BCUT2D eigenvalue weighted by atomic mass is 9.84. The number of fused-ring (bicyclic) bond motifs is 1. The van der Waals surface area contributed by atoms with Crippen molar-refractivity contribution in [1.29, 1.82) is 0 Å². The minimum atomic E-state index is -0.223. The van der Waals surface area contributed by atoms with Gasteiger partial charge in [-0.15, -0.1) is 0 Å². The molecule has 2 nitrogen and oxygen atoms in total. The molecule has 3 unspecified atom stereocenters. The van der Waals surface area contributed by atoms with E-state index in [0.717, 1.165) is 38.9 Å². The maximum Gasteiger partial charge on any atom is 0.0659 e. The van der Waals surface area contributed by atoms with E-state index < -0.39 is 0 Å². The summed E-state index contributed by atoms with van der Waals surface area (Å²) in [5.41, 5.74) is 2.79. The Labute approximate surface area is 103 Å². The molecule has 0 radical (unpaired) electrons. The normalized spacial score (nSPS) is 29.9. The first-order chi connectivity index (χ1) is 8.36. The van der Waals surface area contributed by atoms with Gasteiger partial charge in [0.2, 0.25) is 0 Å². The number of hydrogen-bond acceptors (Lipinski definition) is 2. The molecule has 1 aliphatic carbocycles. The molecular weight excluding hydrogens is 212 g/mol. The molecule has 1 heterocycles. The number of aryl methyl sites for hydroxylation is 1. The Morgan fingerprint density at radius 3 is 2.94 bits per heavy atom. The van der Waals surface area contributed by atoms with Crippen molar-refractivity contribution in [1.82, 2.24) is 0 Å². The molecule has 3 rings (SSSR count). The van der Waals surface area contributed by atoms with Crippen LogP contribution in [0.4, 0.5) is 0 Å². The van der Waals surface area contributed by atoms with Crippen LogP contribution in [0.1, 0.15) is 36.3 Å². The van der Waals surface area contributed by atoms with E-state index >= 15 is 0 Å². The monoisotopic (exact) mass is 232 g/mol. The summed E-state index contributed by atoms with van der Waals surface area (Å²) in [5.74, 6) is 0.665. The average Bonchev–Trinajstić information content (AvgIpc) is 2.83. The molecule has 1 N–H and O–H groups in total. The maximum absolute atomic E-state index is 10.5. The largest absolute Gasteiger partial charge is 0.392 e. The molecule has 1 fully saturated rings. The van der Waals surface area contributed by atoms with Crippen LogP contribution in [0.2, 0.25) is 0 Å². The Kier molecular flexibility index (Phi) is 3.17. The first-order valence-corrected chi connectivity index (χ1v) is 6.70. The molecule has 3 atom stereocenters. The molecule has 0 aromatic heterocycles. The summed E-state index contributed by atoms with van der Waals surface area (Å²) < 4.78 is 5.49. The van der Waals surface area contributed by atoms with Gasteiger partial charge in [0.25, 0.3) is 0 Å². The van der Waals surface area contributed by atoms with Crippen LogP contribution in [-0.4, -0.2) is 24.4 Å². The zero-order valence-corrected chi connectivity index (χ0v) is 10.1. The van der Waals surface area contributed by atoms with Crippen LogP contribution in [0.5, 0.6) is 0 Å². The predicted octanol–water partition coefficient (Wildman–Crippen LogP) is 2.50. The van der Waals surface area contributed by atoms with Crippen molar-refractivity contribution in [3.8, 4) is 0 Å². The van der Waals surface area contributed by atoms with Gasteiger partial charge >= 0.3 is 0 Å². The molecule has 1 saturated heterocycles. The van der Waals surface area contributed by atoms with Gasteiger partial charge in [-0.3, -0.25) is 0 Å². The van der Waals surface area contributed by atoms with Gasteiger partial charge in [0.05, 0.1) is 12.7 Å². The summed E-state index contributed by atoms with van der Waals surface area (Å²) in [6.45, 7) is 1.60. The topological polar surface area (TPSA) is 29.5 Å². The summed E-state index contributed by atoms with van der Waals surface area (Å²) >= 11 is 0. The summed E-state index contributed by atoms with van der Waals surface area (Å²) in [6, 6.07) is 8.55. The fourth-order valence-electron chi connectivity index (χ4n) is 3.31. The second-order valence-corrected chi connectivity index (χ2v) is 5.31. The molecular formula is C15H20O2. The smallest absolute Gasteiger partial charge is 0.0659 e. The molecule has 1 aromatic rings. The number of aliphatic hydroxyl groups excluding tert-OH is 1. The fraction of sp³-hybridized carbons (Fsp3) is 0.600. The fourth-order valence-corrected chi connectivity index (χ4v) is 3.31. The maximum atomic E-state index is 10.5. The lowest BCUT2D eigenvalue weighted by Gasteiger charge is -2.30. The summed E-state index contributed by atoms with van der Waals surface area (Å²) in [5, 5.41) is 10.5. The Morgan fingerprint density at radius 1 is 1.24 bits per heavy atom. The second kappa shape index (κ2) is 4.79. The van der Waals surface area contributed by atoms with Crippen LogP contribution in [0.3, 0.4) is 0 Å². The molecule has 17 heavy (non-hydrogen) atoms. The van der Waals surface area contributed by atoms with Gasteiger partial charge in [-0.05, 0) is 36.8 Å². The molecule has 2 heteroatoms. The van der Waals surface area contributed by atoms with E-state index in [-0.39, 0.29) is 6.10 Å². The van der Waals surface area contributed by atoms with E-state index in [1.165, 1.54) is 11.1 Å².